The summed E-state index contributed by atoms with van der Waals surface area (Å²) < 4.78 is 19.1. The maximum Gasteiger partial charge on any atom is 0.165 e. The summed E-state index contributed by atoms with van der Waals surface area (Å²) in [5.74, 6) is -0.0594. The van der Waals surface area contributed by atoms with Gasteiger partial charge < -0.3 is 4.74 Å². The van der Waals surface area contributed by atoms with E-state index in [0.717, 1.165) is 5.56 Å². The normalized spacial score (nSPS) is 10.2. The average Bonchev–Trinajstić information content (AvgIpc) is 2.34. The van der Waals surface area contributed by atoms with Crippen LogP contribution in [0, 0.1) is 12.7 Å². The van der Waals surface area contributed by atoms with Crippen molar-refractivity contribution in [2.24, 2.45) is 0 Å². The van der Waals surface area contributed by atoms with Crippen molar-refractivity contribution in [3.8, 4) is 11.5 Å². The van der Waals surface area contributed by atoms with Crippen LogP contribution in [-0.2, 0) is 0 Å². The van der Waals surface area contributed by atoms with Crippen LogP contribution in [-0.4, -0.2) is 5.78 Å². The predicted molar refractivity (Wildman–Crippen MR) is 67.7 cm³/mol. The zero-order valence-electron chi connectivity index (χ0n) is 10.2. The Morgan fingerprint density at radius 1 is 1.11 bits per heavy atom. The number of carbonyl (C=O) groups excluding carboxylic acids is 1. The summed E-state index contributed by atoms with van der Waals surface area (Å²) in [6.07, 6.45) is 0. The first-order valence-corrected chi connectivity index (χ1v) is 5.62. The van der Waals surface area contributed by atoms with Crippen molar-refractivity contribution < 1.29 is 13.9 Å². The van der Waals surface area contributed by atoms with E-state index in [1.165, 1.54) is 13.0 Å². The van der Waals surface area contributed by atoms with Gasteiger partial charge in [-0.25, -0.2) is 4.39 Å². The Hall–Kier alpha value is -2.16. The van der Waals surface area contributed by atoms with Gasteiger partial charge in [-0.1, -0.05) is 18.2 Å². The number of carbonyl (C=O) groups is 1. The average molecular weight is 244 g/mol. The van der Waals surface area contributed by atoms with Gasteiger partial charge in [0, 0.05) is 0 Å². The first-order chi connectivity index (χ1) is 8.58. The van der Waals surface area contributed by atoms with Gasteiger partial charge in [-0.3, -0.25) is 4.79 Å². The van der Waals surface area contributed by atoms with Gasteiger partial charge >= 0.3 is 0 Å². The summed E-state index contributed by atoms with van der Waals surface area (Å²) in [6.45, 7) is 3.30. The zero-order valence-corrected chi connectivity index (χ0v) is 10.2. The third-order valence-electron chi connectivity index (χ3n) is 2.57. The molecular formula is C15H13FO2. The Labute approximate surface area is 105 Å². The Balaban J connectivity index is 2.40. The molecule has 2 rings (SSSR count). The zero-order chi connectivity index (χ0) is 13.1. The molecule has 18 heavy (non-hydrogen) atoms. The summed E-state index contributed by atoms with van der Waals surface area (Å²) in [5, 5.41) is 0. The molecule has 0 aliphatic heterocycles. The molecule has 0 unspecified atom stereocenters. The molecule has 0 aliphatic carbocycles. The van der Waals surface area contributed by atoms with Crippen molar-refractivity contribution >= 4 is 5.78 Å². The van der Waals surface area contributed by atoms with Gasteiger partial charge in [-0.2, -0.15) is 0 Å². The van der Waals surface area contributed by atoms with Crippen LogP contribution in [0.1, 0.15) is 22.8 Å². The molecule has 0 radical (unpaired) electrons. The molecule has 2 aromatic rings. The summed E-state index contributed by atoms with van der Waals surface area (Å²) >= 11 is 0. The lowest BCUT2D eigenvalue weighted by Gasteiger charge is -2.10. The fourth-order valence-corrected chi connectivity index (χ4v) is 1.65. The molecule has 0 aliphatic rings. The molecule has 0 saturated heterocycles. The second-order valence-electron chi connectivity index (χ2n) is 4.09. The van der Waals surface area contributed by atoms with Crippen LogP contribution in [0.25, 0.3) is 0 Å². The highest BCUT2D eigenvalue weighted by molar-refractivity contribution is 5.96. The van der Waals surface area contributed by atoms with Crippen molar-refractivity contribution in [3.63, 3.8) is 0 Å². The minimum atomic E-state index is -0.445. The van der Waals surface area contributed by atoms with Crippen molar-refractivity contribution in [1.82, 2.24) is 0 Å². The van der Waals surface area contributed by atoms with Crippen LogP contribution >= 0.6 is 0 Å². The van der Waals surface area contributed by atoms with E-state index in [0.29, 0.717) is 11.3 Å². The highest BCUT2D eigenvalue weighted by Gasteiger charge is 2.11. The quantitative estimate of drug-likeness (QED) is 0.759. The molecular weight excluding hydrogens is 231 g/mol. The SMILES string of the molecule is CC(=O)c1ccccc1Oc1cc(C)ccc1F. The molecule has 0 amide bonds. The standard InChI is InChI=1S/C15H13FO2/c1-10-7-8-13(16)15(9-10)18-14-6-4-3-5-12(14)11(2)17/h3-9H,1-2H3. The Bertz CT molecular complexity index is 591. The van der Waals surface area contributed by atoms with Gasteiger partial charge in [0.1, 0.15) is 5.75 Å². The van der Waals surface area contributed by atoms with Gasteiger partial charge in [0.05, 0.1) is 5.56 Å². The molecule has 0 atom stereocenters. The van der Waals surface area contributed by atoms with Gasteiger partial charge in [0.2, 0.25) is 0 Å². The highest BCUT2D eigenvalue weighted by atomic mass is 19.1. The maximum absolute atomic E-state index is 13.6. The third kappa shape index (κ3) is 2.56. The van der Waals surface area contributed by atoms with Gasteiger partial charge in [0.25, 0.3) is 0 Å². The molecule has 0 spiro atoms. The molecule has 0 aromatic heterocycles. The fourth-order valence-electron chi connectivity index (χ4n) is 1.65. The summed E-state index contributed by atoms with van der Waals surface area (Å²) in [5.41, 5.74) is 1.34. The number of hydrogen-bond acceptors (Lipinski definition) is 2. The van der Waals surface area contributed by atoms with E-state index >= 15 is 0 Å². The number of ether oxygens (including phenoxy) is 1. The summed E-state index contributed by atoms with van der Waals surface area (Å²) in [7, 11) is 0. The van der Waals surface area contributed by atoms with Crippen molar-refractivity contribution in [3.05, 3.63) is 59.4 Å². The number of halogens is 1. The monoisotopic (exact) mass is 244 g/mol. The molecule has 2 aromatic carbocycles. The first-order valence-electron chi connectivity index (χ1n) is 5.62. The van der Waals surface area contributed by atoms with Crippen LogP contribution in [0.3, 0.4) is 0 Å². The Morgan fingerprint density at radius 3 is 2.56 bits per heavy atom. The molecule has 0 heterocycles. The van der Waals surface area contributed by atoms with E-state index in [2.05, 4.69) is 0 Å². The van der Waals surface area contributed by atoms with E-state index < -0.39 is 5.82 Å². The topological polar surface area (TPSA) is 26.3 Å². The number of benzene rings is 2. The van der Waals surface area contributed by atoms with Crippen LogP contribution in [0.15, 0.2) is 42.5 Å². The summed E-state index contributed by atoms with van der Waals surface area (Å²) in [6, 6.07) is 11.4. The van der Waals surface area contributed by atoms with Crippen molar-refractivity contribution in [2.75, 3.05) is 0 Å². The summed E-state index contributed by atoms with van der Waals surface area (Å²) in [4.78, 5) is 11.4. The lowest BCUT2D eigenvalue weighted by Crippen LogP contribution is -1.97. The molecule has 0 N–H and O–H groups in total. The number of ketones is 1. The van der Waals surface area contributed by atoms with Crippen molar-refractivity contribution in [1.29, 1.82) is 0 Å². The van der Waals surface area contributed by atoms with Crippen molar-refractivity contribution in [2.45, 2.75) is 13.8 Å². The third-order valence-corrected chi connectivity index (χ3v) is 2.57. The number of Topliss-reactive ketones (excluding diaryl/α,β-unsaturated/α-hetero) is 1. The minimum Gasteiger partial charge on any atom is -0.454 e. The minimum absolute atomic E-state index is 0.112. The number of para-hydroxylation sites is 1. The van der Waals surface area contributed by atoms with Gasteiger partial charge in [-0.15, -0.1) is 0 Å². The lowest BCUT2D eigenvalue weighted by atomic mass is 10.1. The predicted octanol–water partition coefficient (Wildman–Crippen LogP) is 4.13. The van der Waals surface area contributed by atoms with Gasteiger partial charge in [-0.05, 0) is 43.7 Å². The van der Waals surface area contributed by atoms with E-state index in [9.17, 15) is 9.18 Å². The van der Waals surface area contributed by atoms with E-state index in [1.807, 2.05) is 6.92 Å². The van der Waals surface area contributed by atoms with E-state index in [-0.39, 0.29) is 11.5 Å². The maximum atomic E-state index is 13.6. The first kappa shape index (κ1) is 12.3. The smallest absolute Gasteiger partial charge is 0.165 e. The molecule has 2 nitrogen and oxygen atoms in total. The number of hydrogen-bond donors (Lipinski definition) is 0. The van der Waals surface area contributed by atoms with Crippen LogP contribution in [0.4, 0.5) is 4.39 Å². The van der Waals surface area contributed by atoms with E-state index in [1.54, 1.807) is 36.4 Å². The molecule has 0 bridgehead atoms. The number of aryl methyl sites for hydroxylation is 1. The molecule has 92 valence electrons. The highest BCUT2D eigenvalue weighted by Crippen LogP contribution is 2.28. The van der Waals surface area contributed by atoms with E-state index in [4.69, 9.17) is 4.74 Å². The second-order valence-corrected chi connectivity index (χ2v) is 4.09. The lowest BCUT2D eigenvalue weighted by molar-refractivity contribution is 0.101. The Kier molecular flexibility index (Phi) is 3.42. The molecule has 0 saturated carbocycles. The van der Waals surface area contributed by atoms with Crippen LogP contribution in [0.5, 0.6) is 11.5 Å². The second kappa shape index (κ2) is 5.00. The fraction of sp³-hybridized carbons (Fsp3) is 0.133. The van der Waals surface area contributed by atoms with Crippen LogP contribution in [0.2, 0.25) is 0 Å². The molecule has 3 heteroatoms. The van der Waals surface area contributed by atoms with Crippen LogP contribution < -0.4 is 4.74 Å². The largest absolute Gasteiger partial charge is 0.454 e. The number of rotatable bonds is 3. The molecule has 0 fully saturated rings. The Morgan fingerprint density at radius 2 is 1.83 bits per heavy atom. The van der Waals surface area contributed by atoms with Gasteiger partial charge in [0.15, 0.2) is 17.3 Å².